The topological polar surface area (TPSA) is 77.0 Å². The van der Waals surface area contributed by atoms with Gasteiger partial charge in [-0.15, -0.1) is 0 Å². The summed E-state index contributed by atoms with van der Waals surface area (Å²) in [7, 11) is 1.65. The Morgan fingerprint density at radius 3 is 2.89 bits per heavy atom. The number of hydrogen-bond acceptors (Lipinski definition) is 5. The van der Waals surface area contributed by atoms with Gasteiger partial charge in [0.2, 0.25) is 0 Å². The first kappa shape index (κ1) is 15.4. The summed E-state index contributed by atoms with van der Waals surface area (Å²) in [6.45, 7) is 3.52. The summed E-state index contributed by atoms with van der Waals surface area (Å²) in [5.41, 5.74) is 0. The van der Waals surface area contributed by atoms with Crippen LogP contribution in [0.25, 0.3) is 0 Å². The zero-order valence-corrected chi connectivity index (χ0v) is 10.9. The third-order valence-corrected chi connectivity index (χ3v) is 2.83. The molecule has 1 heterocycles. The van der Waals surface area contributed by atoms with E-state index in [2.05, 4.69) is 5.32 Å². The second-order valence-electron chi connectivity index (χ2n) is 4.33. The Morgan fingerprint density at radius 2 is 2.22 bits per heavy atom. The predicted molar refractivity (Wildman–Crippen MR) is 65.7 cm³/mol. The Bertz CT molecular complexity index is 237. The van der Waals surface area contributed by atoms with Crippen LogP contribution in [0.15, 0.2) is 0 Å². The number of hydrogen-bond donors (Lipinski definition) is 2. The highest BCUT2D eigenvalue weighted by atomic mass is 16.5. The average molecular weight is 261 g/mol. The smallest absolute Gasteiger partial charge is 0.332 e. The molecule has 6 heteroatoms. The largest absolute Gasteiger partial charge is 0.479 e. The van der Waals surface area contributed by atoms with Gasteiger partial charge in [-0.25, -0.2) is 4.79 Å². The summed E-state index contributed by atoms with van der Waals surface area (Å²) >= 11 is 0. The molecule has 6 nitrogen and oxygen atoms in total. The molecule has 2 atom stereocenters. The quantitative estimate of drug-likeness (QED) is 0.549. The van der Waals surface area contributed by atoms with Gasteiger partial charge >= 0.3 is 5.97 Å². The van der Waals surface area contributed by atoms with E-state index in [1.54, 1.807) is 7.11 Å². The lowest BCUT2D eigenvalue weighted by molar-refractivity contribution is -0.149. The minimum atomic E-state index is -0.857. The Balaban J connectivity index is 1.88. The zero-order valence-electron chi connectivity index (χ0n) is 10.9. The average Bonchev–Trinajstić information content (AvgIpc) is 2.81. The number of aliphatic carboxylic acids is 1. The van der Waals surface area contributed by atoms with Crippen LogP contribution in [0.3, 0.4) is 0 Å². The maximum atomic E-state index is 10.7. The third kappa shape index (κ3) is 6.30. The van der Waals surface area contributed by atoms with Crippen LogP contribution in [-0.4, -0.2) is 63.3 Å². The number of rotatable bonds is 10. The van der Waals surface area contributed by atoms with E-state index in [4.69, 9.17) is 19.3 Å². The van der Waals surface area contributed by atoms with Gasteiger partial charge in [0, 0.05) is 20.3 Å². The van der Waals surface area contributed by atoms with Gasteiger partial charge in [0.05, 0.1) is 19.3 Å². The van der Waals surface area contributed by atoms with Crippen LogP contribution in [0.2, 0.25) is 0 Å². The van der Waals surface area contributed by atoms with Crippen molar-refractivity contribution in [3.05, 3.63) is 0 Å². The molecular weight excluding hydrogens is 238 g/mol. The molecule has 1 fully saturated rings. The van der Waals surface area contributed by atoms with Gasteiger partial charge in [-0.1, -0.05) is 0 Å². The first-order valence-electron chi connectivity index (χ1n) is 6.39. The zero-order chi connectivity index (χ0) is 13.2. The third-order valence-electron chi connectivity index (χ3n) is 2.83. The molecule has 0 radical (unpaired) electrons. The summed E-state index contributed by atoms with van der Waals surface area (Å²) in [4.78, 5) is 10.7. The molecule has 0 aromatic rings. The molecule has 0 aliphatic carbocycles. The number of nitrogens with one attached hydrogen (secondary N) is 1. The number of ether oxygens (including phenoxy) is 3. The van der Waals surface area contributed by atoms with Crippen LogP contribution in [0, 0.1) is 0 Å². The van der Waals surface area contributed by atoms with Gasteiger partial charge in [0.25, 0.3) is 0 Å². The molecule has 1 aliphatic heterocycles. The Morgan fingerprint density at radius 1 is 1.39 bits per heavy atom. The lowest BCUT2D eigenvalue weighted by Gasteiger charge is -2.12. The molecule has 0 aromatic carbocycles. The maximum absolute atomic E-state index is 10.7. The van der Waals surface area contributed by atoms with E-state index >= 15 is 0 Å². The molecule has 0 aromatic heterocycles. The van der Waals surface area contributed by atoms with E-state index in [0.717, 1.165) is 19.4 Å². The molecule has 1 saturated heterocycles. The number of carboxylic acid groups (broad SMARTS) is 1. The number of carboxylic acids is 1. The van der Waals surface area contributed by atoms with Gasteiger partial charge in [-0.05, 0) is 25.8 Å². The second-order valence-corrected chi connectivity index (χ2v) is 4.33. The SMILES string of the molecule is COCCOCCCNCC1CCC(C(=O)O)O1. The highest BCUT2D eigenvalue weighted by Gasteiger charge is 2.29. The van der Waals surface area contributed by atoms with Crippen LogP contribution in [0.5, 0.6) is 0 Å². The minimum Gasteiger partial charge on any atom is -0.479 e. The van der Waals surface area contributed by atoms with Crippen molar-refractivity contribution in [3.8, 4) is 0 Å². The Hall–Kier alpha value is -0.690. The van der Waals surface area contributed by atoms with Crippen molar-refractivity contribution < 1.29 is 24.1 Å². The normalized spacial score (nSPS) is 23.4. The lowest BCUT2D eigenvalue weighted by atomic mass is 10.2. The van der Waals surface area contributed by atoms with Crippen LogP contribution >= 0.6 is 0 Å². The van der Waals surface area contributed by atoms with Crippen LogP contribution in [-0.2, 0) is 19.0 Å². The van der Waals surface area contributed by atoms with Crippen molar-refractivity contribution in [2.75, 3.05) is 40.0 Å². The van der Waals surface area contributed by atoms with Crippen LogP contribution in [0.4, 0.5) is 0 Å². The van der Waals surface area contributed by atoms with E-state index in [-0.39, 0.29) is 6.10 Å². The Kier molecular flexibility index (Phi) is 7.91. The van der Waals surface area contributed by atoms with E-state index in [1.807, 2.05) is 0 Å². The highest BCUT2D eigenvalue weighted by Crippen LogP contribution is 2.18. The molecule has 0 spiro atoms. The summed E-state index contributed by atoms with van der Waals surface area (Å²) in [5.74, 6) is -0.857. The van der Waals surface area contributed by atoms with Crippen molar-refractivity contribution >= 4 is 5.97 Å². The molecule has 0 saturated carbocycles. The van der Waals surface area contributed by atoms with Gasteiger partial charge in [0.15, 0.2) is 6.10 Å². The fourth-order valence-electron chi connectivity index (χ4n) is 1.84. The van der Waals surface area contributed by atoms with Crippen LogP contribution < -0.4 is 5.32 Å². The molecule has 0 amide bonds. The Labute approximate surface area is 108 Å². The van der Waals surface area contributed by atoms with Crippen LogP contribution in [0.1, 0.15) is 19.3 Å². The molecule has 0 bridgehead atoms. The number of methoxy groups -OCH3 is 1. The van der Waals surface area contributed by atoms with Crippen molar-refractivity contribution in [1.29, 1.82) is 0 Å². The summed E-state index contributed by atoms with van der Waals surface area (Å²) in [6, 6.07) is 0. The summed E-state index contributed by atoms with van der Waals surface area (Å²) in [5, 5.41) is 12.0. The fraction of sp³-hybridized carbons (Fsp3) is 0.917. The van der Waals surface area contributed by atoms with E-state index in [1.165, 1.54) is 0 Å². The predicted octanol–water partition coefficient (Wildman–Crippen LogP) is 0.261. The lowest BCUT2D eigenvalue weighted by Crippen LogP contribution is -2.29. The van der Waals surface area contributed by atoms with Crippen molar-refractivity contribution in [1.82, 2.24) is 5.32 Å². The van der Waals surface area contributed by atoms with Crippen molar-refractivity contribution in [2.24, 2.45) is 0 Å². The monoisotopic (exact) mass is 261 g/mol. The van der Waals surface area contributed by atoms with Crippen molar-refractivity contribution in [3.63, 3.8) is 0 Å². The molecule has 1 rings (SSSR count). The molecule has 1 aliphatic rings. The summed E-state index contributed by atoms with van der Waals surface area (Å²) in [6.07, 6.45) is 1.77. The van der Waals surface area contributed by atoms with Gasteiger partial charge in [-0.3, -0.25) is 0 Å². The molecule has 2 N–H and O–H groups in total. The summed E-state index contributed by atoms with van der Waals surface area (Å²) < 4.78 is 15.6. The van der Waals surface area contributed by atoms with E-state index in [0.29, 0.717) is 32.8 Å². The molecule has 18 heavy (non-hydrogen) atoms. The molecular formula is C12H23NO5. The van der Waals surface area contributed by atoms with E-state index in [9.17, 15) is 4.79 Å². The van der Waals surface area contributed by atoms with Gasteiger partial charge in [-0.2, -0.15) is 0 Å². The molecule has 2 unspecified atom stereocenters. The standard InChI is InChI=1S/C12H23NO5/c1-16-7-8-17-6-2-5-13-9-10-3-4-11(18-10)12(14)15/h10-11,13H,2-9H2,1H3,(H,14,15). The minimum absolute atomic E-state index is 0.0282. The second kappa shape index (κ2) is 9.27. The fourth-order valence-corrected chi connectivity index (χ4v) is 1.84. The van der Waals surface area contributed by atoms with Crippen molar-refractivity contribution in [2.45, 2.75) is 31.5 Å². The van der Waals surface area contributed by atoms with Gasteiger partial charge < -0.3 is 24.6 Å². The first-order chi connectivity index (χ1) is 8.74. The highest BCUT2D eigenvalue weighted by molar-refractivity contribution is 5.72. The molecule has 106 valence electrons. The number of carbonyl (C=O) groups is 1. The maximum Gasteiger partial charge on any atom is 0.332 e. The first-order valence-corrected chi connectivity index (χ1v) is 6.39. The van der Waals surface area contributed by atoms with Gasteiger partial charge in [0.1, 0.15) is 0 Å². The van der Waals surface area contributed by atoms with E-state index < -0.39 is 12.1 Å².